The summed E-state index contributed by atoms with van der Waals surface area (Å²) in [7, 11) is 0. The van der Waals surface area contributed by atoms with Gasteiger partial charge in [-0.1, -0.05) is 29.8 Å². The Balaban J connectivity index is 3.29. The van der Waals surface area contributed by atoms with E-state index in [2.05, 4.69) is 9.69 Å². The molecule has 0 saturated heterocycles. The van der Waals surface area contributed by atoms with E-state index in [-0.39, 0.29) is 0 Å². The molecule has 11 heavy (non-hydrogen) atoms. The first-order chi connectivity index (χ1) is 5.27. The van der Waals surface area contributed by atoms with Crippen LogP contribution in [0.3, 0.4) is 0 Å². The lowest BCUT2D eigenvalue weighted by Gasteiger charge is -1.93. The molecule has 0 amide bonds. The van der Waals surface area contributed by atoms with Crippen LogP contribution in [0.25, 0.3) is 9.69 Å². The standard InChI is InChI=1S/C8H3ClN2/c1-10-6-3-4-7(9)8(5-6)11-2/h3-5H. The van der Waals surface area contributed by atoms with Gasteiger partial charge in [-0.2, -0.15) is 0 Å². The van der Waals surface area contributed by atoms with Crippen molar-refractivity contribution in [1.29, 1.82) is 0 Å². The second-order valence-corrected chi connectivity index (χ2v) is 2.27. The van der Waals surface area contributed by atoms with Crippen molar-refractivity contribution in [3.05, 3.63) is 46.1 Å². The van der Waals surface area contributed by atoms with Crippen LogP contribution in [0, 0.1) is 13.1 Å². The first-order valence-corrected chi connectivity index (χ1v) is 3.20. The maximum atomic E-state index is 6.69. The Morgan fingerprint density at radius 3 is 2.45 bits per heavy atom. The van der Waals surface area contributed by atoms with Crippen molar-refractivity contribution in [1.82, 2.24) is 0 Å². The number of benzene rings is 1. The van der Waals surface area contributed by atoms with E-state index in [0.29, 0.717) is 16.4 Å². The SMILES string of the molecule is [C-]#[N+]c1ccc(Cl)c([N+]#[C-])c1. The lowest BCUT2D eigenvalue weighted by Crippen LogP contribution is -1.64. The Bertz CT molecular complexity index is 357. The quantitative estimate of drug-likeness (QED) is 0.517. The van der Waals surface area contributed by atoms with Crippen molar-refractivity contribution in [2.75, 3.05) is 0 Å². The van der Waals surface area contributed by atoms with Crippen LogP contribution in [0.5, 0.6) is 0 Å². The van der Waals surface area contributed by atoms with Crippen molar-refractivity contribution in [2.45, 2.75) is 0 Å². The van der Waals surface area contributed by atoms with Crippen molar-refractivity contribution in [3.8, 4) is 0 Å². The van der Waals surface area contributed by atoms with E-state index in [0.717, 1.165) is 0 Å². The van der Waals surface area contributed by atoms with Crippen LogP contribution in [0.15, 0.2) is 18.2 Å². The summed E-state index contributed by atoms with van der Waals surface area (Å²) < 4.78 is 0. The van der Waals surface area contributed by atoms with Crippen LogP contribution >= 0.6 is 11.6 Å². The molecule has 0 aliphatic heterocycles. The molecule has 0 N–H and O–H groups in total. The Morgan fingerprint density at radius 1 is 1.18 bits per heavy atom. The summed E-state index contributed by atoms with van der Waals surface area (Å²) in [6.45, 7) is 13.4. The summed E-state index contributed by atoms with van der Waals surface area (Å²) in [4.78, 5) is 6.32. The van der Waals surface area contributed by atoms with E-state index in [4.69, 9.17) is 24.7 Å². The van der Waals surface area contributed by atoms with E-state index in [1.807, 2.05) is 0 Å². The molecule has 0 heterocycles. The van der Waals surface area contributed by atoms with E-state index in [1.54, 1.807) is 12.1 Å². The Kier molecular flexibility index (Phi) is 2.11. The summed E-state index contributed by atoms with van der Waals surface area (Å²) in [6.07, 6.45) is 0. The van der Waals surface area contributed by atoms with Crippen molar-refractivity contribution in [3.63, 3.8) is 0 Å². The molecule has 0 saturated carbocycles. The number of rotatable bonds is 0. The molecule has 0 radical (unpaired) electrons. The second kappa shape index (κ2) is 3.05. The van der Waals surface area contributed by atoms with Gasteiger partial charge in [-0.25, -0.2) is 9.69 Å². The first kappa shape index (κ1) is 7.60. The molecular weight excluding hydrogens is 160 g/mol. The Labute approximate surface area is 69.7 Å². The predicted octanol–water partition coefficient (Wildman–Crippen LogP) is 3.44. The van der Waals surface area contributed by atoms with Crippen LogP contribution in [0.4, 0.5) is 11.4 Å². The van der Waals surface area contributed by atoms with Crippen LogP contribution < -0.4 is 0 Å². The molecule has 0 bridgehead atoms. The third-order valence-corrected chi connectivity index (χ3v) is 1.50. The van der Waals surface area contributed by atoms with Gasteiger partial charge in [0.25, 0.3) is 0 Å². The van der Waals surface area contributed by atoms with Gasteiger partial charge in [0.2, 0.25) is 0 Å². The van der Waals surface area contributed by atoms with Gasteiger partial charge >= 0.3 is 0 Å². The van der Waals surface area contributed by atoms with Crippen LogP contribution in [-0.4, -0.2) is 0 Å². The zero-order chi connectivity index (χ0) is 8.27. The minimum absolute atomic E-state index is 0.333. The first-order valence-electron chi connectivity index (χ1n) is 2.82. The summed E-state index contributed by atoms with van der Waals surface area (Å²) >= 11 is 5.64. The minimum atomic E-state index is 0.333. The molecule has 1 aromatic carbocycles. The molecule has 0 fully saturated rings. The molecule has 0 atom stereocenters. The smallest absolute Gasteiger partial charge is 0.195 e. The van der Waals surface area contributed by atoms with E-state index in [1.165, 1.54) is 6.07 Å². The van der Waals surface area contributed by atoms with Gasteiger partial charge in [0.05, 0.1) is 13.1 Å². The number of hydrogen-bond donors (Lipinski definition) is 0. The number of halogens is 1. The molecule has 1 rings (SSSR count). The van der Waals surface area contributed by atoms with E-state index in [9.17, 15) is 0 Å². The highest BCUT2D eigenvalue weighted by molar-refractivity contribution is 6.33. The number of nitrogens with zero attached hydrogens (tertiary/aromatic N) is 2. The lowest BCUT2D eigenvalue weighted by molar-refractivity contribution is 1.72. The number of hydrogen-bond acceptors (Lipinski definition) is 0. The summed E-state index contributed by atoms with van der Waals surface area (Å²) in [5.74, 6) is 0. The third kappa shape index (κ3) is 1.49. The molecule has 52 valence electrons. The molecule has 2 nitrogen and oxygen atoms in total. The summed E-state index contributed by atoms with van der Waals surface area (Å²) in [5.41, 5.74) is 0.778. The highest BCUT2D eigenvalue weighted by atomic mass is 35.5. The summed E-state index contributed by atoms with van der Waals surface area (Å²) in [5, 5.41) is 0.396. The Morgan fingerprint density at radius 2 is 1.91 bits per heavy atom. The van der Waals surface area contributed by atoms with Crippen molar-refractivity contribution < 1.29 is 0 Å². The molecule has 0 unspecified atom stereocenters. The van der Waals surface area contributed by atoms with Crippen molar-refractivity contribution >= 4 is 23.0 Å². The molecule has 0 aliphatic carbocycles. The van der Waals surface area contributed by atoms with Gasteiger partial charge < -0.3 is 0 Å². The molecule has 3 heteroatoms. The fourth-order valence-corrected chi connectivity index (χ4v) is 0.816. The maximum Gasteiger partial charge on any atom is 0.195 e. The van der Waals surface area contributed by atoms with Crippen molar-refractivity contribution in [2.24, 2.45) is 0 Å². The molecule has 1 aromatic rings. The maximum absolute atomic E-state index is 6.69. The average Bonchev–Trinajstić information content (AvgIpc) is 2.05. The van der Waals surface area contributed by atoms with Crippen LogP contribution in [-0.2, 0) is 0 Å². The fourth-order valence-electron chi connectivity index (χ4n) is 0.656. The average molecular weight is 163 g/mol. The lowest BCUT2D eigenvalue weighted by atomic mass is 10.3. The molecular formula is C8H3ClN2. The van der Waals surface area contributed by atoms with Gasteiger partial charge in [-0.05, 0) is 0 Å². The summed E-state index contributed by atoms with van der Waals surface area (Å²) in [6, 6.07) is 4.62. The normalized spacial score (nSPS) is 8.27. The van der Waals surface area contributed by atoms with Gasteiger partial charge in [0.1, 0.15) is 0 Å². The van der Waals surface area contributed by atoms with Crippen LogP contribution in [0.1, 0.15) is 0 Å². The highest BCUT2D eigenvalue weighted by Gasteiger charge is 1.99. The van der Waals surface area contributed by atoms with Gasteiger partial charge in [-0.15, -0.1) is 0 Å². The fraction of sp³-hybridized carbons (Fsp3) is 0. The zero-order valence-electron chi connectivity index (χ0n) is 5.50. The van der Waals surface area contributed by atoms with E-state index >= 15 is 0 Å². The van der Waals surface area contributed by atoms with E-state index < -0.39 is 0 Å². The topological polar surface area (TPSA) is 8.72 Å². The Hall–Kier alpha value is -1.51. The third-order valence-electron chi connectivity index (χ3n) is 1.18. The monoisotopic (exact) mass is 162 g/mol. The predicted molar refractivity (Wildman–Crippen MR) is 44.0 cm³/mol. The van der Waals surface area contributed by atoms with Gasteiger partial charge in [0, 0.05) is 5.02 Å². The largest absolute Gasteiger partial charge is 0.240 e. The molecule has 0 aliphatic rings. The van der Waals surface area contributed by atoms with Crippen LogP contribution in [0.2, 0.25) is 5.02 Å². The van der Waals surface area contributed by atoms with Gasteiger partial charge in [0.15, 0.2) is 11.4 Å². The molecule has 0 spiro atoms. The zero-order valence-corrected chi connectivity index (χ0v) is 6.26. The molecule has 0 aromatic heterocycles. The minimum Gasteiger partial charge on any atom is -0.240 e. The van der Waals surface area contributed by atoms with Gasteiger partial charge in [-0.3, -0.25) is 0 Å². The highest BCUT2D eigenvalue weighted by Crippen LogP contribution is 2.29. The second-order valence-electron chi connectivity index (χ2n) is 1.86.